The quantitative estimate of drug-likeness (QED) is 0.698. The molecule has 1 aliphatic carbocycles. The Morgan fingerprint density at radius 3 is 2.43 bits per heavy atom. The highest BCUT2D eigenvalue weighted by Crippen LogP contribution is 2.20. The van der Waals surface area contributed by atoms with Gasteiger partial charge in [-0.25, -0.2) is 0 Å². The predicted molar refractivity (Wildman–Crippen MR) is 55.2 cm³/mol. The molecule has 1 saturated carbocycles. The second kappa shape index (κ2) is 5.10. The Morgan fingerprint density at radius 1 is 1.00 bits per heavy atom. The van der Waals surface area contributed by atoms with Crippen molar-refractivity contribution in [1.82, 2.24) is 5.32 Å². The van der Waals surface area contributed by atoms with Gasteiger partial charge in [-0.05, 0) is 25.7 Å². The van der Waals surface area contributed by atoms with Crippen LogP contribution in [0.1, 0.15) is 38.5 Å². The standard InChI is InChI=1S/C11H21NO2/c13-11-4-2-1-3-10(11)12-9-5-7-14-8-6-9/h9-13H,1-8H2/t10-,11-/m0/s1. The van der Waals surface area contributed by atoms with Gasteiger partial charge in [-0.2, -0.15) is 0 Å². The fraction of sp³-hybridized carbons (Fsp3) is 1.00. The Morgan fingerprint density at radius 2 is 1.71 bits per heavy atom. The van der Waals surface area contributed by atoms with Crippen LogP contribution in [0, 0.1) is 0 Å². The van der Waals surface area contributed by atoms with Crippen LogP contribution in [0.25, 0.3) is 0 Å². The Kier molecular flexibility index (Phi) is 3.79. The first-order valence-electron chi connectivity index (χ1n) is 5.88. The van der Waals surface area contributed by atoms with Crippen molar-refractivity contribution in [2.75, 3.05) is 13.2 Å². The Hall–Kier alpha value is -0.120. The normalized spacial score (nSPS) is 35.8. The molecule has 0 bridgehead atoms. The molecule has 2 fully saturated rings. The first-order chi connectivity index (χ1) is 6.86. The van der Waals surface area contributed by atoms with Gasteiger partial charge in [0.2, 0.25) is 0 Å². The lowest BCUT2D eigenvalue weighted by atomic mass is 9.91. The second-order valence-corrected chi connectivity index (χ2v) is 4.51. The summed E-state index contributed by atoms with van der Waals surface area (Å²) < 4.78 is 5.31. The van der Waals surface area contributed by atoms with E-state index in [9.17, 15) is 5.11 Å². The van der Waals surface area contributed by atoms with Gasteiger partial charge < -0.3 is 15.2 Å². The molecule has 0 amide bonds. The van der Waals surface area contributed by atoms with Crippen LogP contribution in [0.2, 0.25) is 0 Å². The van der Waals surface area contributed by atoms with Gasteiger partial charge in [0.1, 0.15) is 0 Å². The first kappa shape index (κ1) is 10.4. The lowest BCUT2D eigenvalue weighted by molar-refractivity contribution is 0.0487. The molecule has 2 rings (SSSR count). The molecule has 82 valence electrons. The lowest BCUT2D eigenvalue weighted by Crippen LogP contribution is -2.48. The number of ether oxygens (including phenoxy) is 1. The number of aliphatic hydroxyl groups is 1. The summed E-state index contributed by atoms with van der Waals surface area (Å²) in [4.78, 5) is 0. The molecule has 0 unspecified atom stereocenters. The molecule has 3 heteroatoms. The van der Waals surface area contributed by atoms with Crippen molar-refractivity contribution < 1.29 is 9.84 Å². The highest BCUT2D eigenvalue weighted by molar-refractivity contribution is 4.84. The minimum Gasteiger partial charge on any atom is -0.392 e. The van der Waals surface area contributed by atoms with Gasteiger partial charge in [-0.3, -0.25) is 0 Å². The molecule has 2 atom stereocenters. The van der Waals surface area contributed by atoms with E-state index in [-0.39, 0.29) is 6.10 Å². The van der Waals surface area contributed by atoms with Gasteiger partial charge in [0.15, 0.2) is 0 Å². The molecule has 0 radical (unpaired) electrons. The maximum atomic E-state index is 9.81. The molecule has 0 aromatic rings. The van der Waals surface area contributed by atoms with Crippen molar-refractivity contribution >= 4 is 0 Å². The van der Waals surface area contributed by atoms with Crippen molar-refractivity contribution in [3.8, 4) is 0 Å². The van der Waals surface area contributed by atoms with Gasteiger partial charge in [-0.15, -0.1) is 0 Å². The monoisotopic (exact) mass is 199 g/mol. The third-order valence-corrected chi connectivity index (χ3v) is 3.40. The summed E-state index contributed by atoms with van der Waals surface area (Å²) in [6, 6.07) is 0.911. The van der Waals surface area contributed by atoms with Crippen molar-refractivity contribution in [3.05, 3.63) is 0 Å². The van der Waals surface area contributed by atoms with Crippen LogP contribution < -0.4 is 5.32 Å². The third-order valence-electron chi connectivity index (χ3n) is 3.40. The van der Waals surface area contributed by atoms with Crippen LogP contribution in [-0.4, -0.2) is 36.5 Å². The van der Waals surface area contributed by atoms with Crippen LogP contribution in [0.5, 0.6) is 0 Å². The summed E-state index contributed by atoms with van der Waals surface area (Å²) in [5.41, 5.74) is 0. The van der Waals surface area contributed by atoms with Crippen molar-refractivity contribution in [2.24, 2.45) is 0 Å². The molecule has 0 aromatic carbocycles. The average molecular weight is 199 g/mol. The van der Waals surface area contributed by atoms with E-state index in [1.54, 1.807) is 0 Å². The van der Waals surface area contributed by atoms with Crippen molar-refractivity contribution in [2.45, 2.75) is 56.7 Å². The van der Waals surface area contributed by atoms with E-state index in [1.807, 2.05) is 0 Å². The van der Waals surface area contributed by atoms with Gasteiger partial charge >= 0.3 is 0 Å². The van der Waals surface area contributed by atoms with Crippen molar-refractivity contribution in [1.29, 1.82) is 0 Å². The fourth-order valence-corrected chi connectivity index (χ4v) is 2.47. The van der Waals surface area contributed by atoms with Gasteiger partial charge in [-0.1, -0.05) is 12.8 Å². The van der Waals surface area contributed by atoms with Crippen LogP contribution >= 0.6 is 0 Å². The zero-order valence-corrected chi connectivity index (χ0v) is 8.74. The second-order valence-electron chi connectivity index (χ2n) is 4.51. The molecular formula is C11H21NO2. The Labute approximate surface area is 85.8 Å². The average Bonchev–Trinajstić information content (AvgIpc) is 2.23. The molecule has 3 nitrogen and oxygen atoms in total. The summed E-state index contributed by atoms with van der Waals surface area (Å²) in [7, 11) is 0. The Balaban J connectivity index is 1.76. The van der Waals surface area contributed by atoms with Crippen molar-refractivity contribution in [3.63, 3.8) is 0 Å². The largest absolute Gasteiger partial charge is 0.392 e. The van der Waals surface area contributed by atoms with E-state index >= 15 is 0 Å². The minimum atomic E-state index is -0.119. The number of hydrogen-bond acceptors (Lipinski definition) is 3. The molecule has 1 saturated heterocycles. The van der Waals surface area contributed by atoms with E-state index in [0.717, 1.165) is 38.9 Å². The topological polar surface area (TPSA) is 41.5 Å². The summed E-state index contributed by atoms with van der Waals surface area (Å²) in [5.74, 6) is 0. The van der Waals surface area contributed by atoms with E-state index in [2.05, 4.69) is 5.32 Å². The first-order valence-corrected chi connectivity index (χ1v) is 5.88. The zero-order chi connectivity index (χ0) is 9.80. The van der Waals surface area contributed by atoms with Crippen LogP contribution in [0.4, 0.5) is 0 Å². The van der Waals surface area contributed by atoms with Gasteiger partial charge in [0.25, 0.3) is 0 Å². The molecule has 14 heavy (non-hydrogen) atoms. The minimum absolute atomic E-state index is 0.119. The zero-order valence-electron chi connectivity index (χ0n) is 8.74. The molecule has 0 aromatic heterocycles. The van der Waals surface area contributed by atoms with E-state index in [1.165, 1.54) is 12.8 Å². The van der Waals surface area contributed by atoms with Gasteiger partial charge in [0, 0.05) is 25.3 Å². The van der Waals surface area contributed by atoms with E-state index in [0.29, 0.717) is 12.1 Å². The molecule has 1 aliphatic heterocycles. The van der Waals surface area contributed by atoms with E-state index in [4.69, 9.17) is 4.74 Å². The number of nitrogens with one attached hydrogen (secondary N) is 1. The highest BCUT2D eigenvalue weighted by atomic mass is 16.5. The smallest absolute Gasteiger partial charge is 0.0693 e. The van der Waals surface area contributed by atoms with Crippen LogP contribution in [-0.2, 0) is 4.74 Å². The molecule has 2 N–H and O–H groups in total. The summed E-state index contributed by atoms with van der Waals surface area (Å²) in [5, 5.41) is 13.4. The predicted octanol–water partition coefficient (Wildman–Crippen LogP) is 1.06. The fourth-order valence-electron chi connectivity index (χ4n) is 2.47. The molecular weight excluding hydrogens is 178 g/mol. The Bertz CT molecular complexity index is 169. The third kappa shape index (κ3) is 2.69. The maximum Gasteiger partial charge on any atom is 0.0693 e. The lowest BCUT2D eigenvalue weighted by Gasteiger charge is -2.33. The summed E-state index contributed by atoms with van der Waals surface area (Å²) >= 11 is 0. The molecule has 2 aliphatic rings. The van der Waals surface area contributed by atoms with E-state index < -0.39 is 0 Å². The summed E-state index contributed by atoms with van der Waals surface area (Å²) in [6.45, 7) is 1.75. The van der Waals surface area contributed by atoms with Crippen LogP contribution in [0.15, 0.2) is 0 Å². The highest BCUT2D eigenvalue weighted by Gasteiger charge is 2.25. The van der Waals surface area contributed by atoms with Crippen LogP contribution in [0.3, 0.4) is 0 Å². The number of aliphatic hydroxyl groups excluding tert-OH is 1. The summed E-state index contributed by atoms with van der Waals surface area (Å²) in [6.07, 6.45) is 6.64. The number of hydrogen-bond donors (Lipinski definition) is 2. The van der Waals surface area contributed by atoms with Gasteiger partial charge in [0.05, 0.1) is 6.10 Å². The number of rotatable bonds is 2. The molecule has 1 heterocycles. The molecule has 0 spiro atoms. The SMILES string of the molecule is O[C@H]1CCCC[C@@H]1NC1CCOCC1. The maximum absolute atomic E-state index is 9.81.